The van der Waals surface area contributed by atoms with E-state index in [1.165, 1.54) is 4.31 Å². The Bertz CT molecular complexity index is 773. The molecule has 8 heteroatoms. The molecule has 23 heavy (non-hydrogen) atoms. The summed E-state index contributed by atoms with van der Waals surface area (Å²) in [5, 5.41) is 11.4. The summed E-state index contributed by atoms with van der Waals surface area (Å²) in [5.41, 5.74) is 0.618. The molecular formula is C15H25N5O2S. The first-order valence-corrected chi connectivity index (χ1v) is 9.22. The van der Waals surface area contributed by atoms with Gasteiger partial charge in [0.2, 0.25) is 16.0 Å². The zero-order valence-corrected chi connectivity index (χ0v) is 15.2. The van der Waals surface area contributed by atoms with Crippen molar-refractivity contribution in [2.45, 2.75) is 39.5 Å². The summed E-state index contributed by atoms with van der Waals surface area (Å²) in [6.07, 6.45) is 1.69. The highest BCUT2D eigenvalue weighted by atomic mass is 32.2. The molecule has 0 aromatic carbocycles. The van der Waals surface area contributed by atoms with Crippen molar-refractivity contribution in [1.29, 1.82) is 0 Å². The summed E-state index contributed by atoms with van der Waals surface area (Å²) in [6, 6.07) is 3.15. The maximum Gasteiger partial charge on any atom is 0.243 e. The lowest BCUT2D eigenvalue weighted by Crippen LogP contribution is -2.30. The normalized spacial score (nSPS) is 13.0. The number of sulfonamides is 1. The van der Waals surface area contributed by atoms with Gasteiger partial charge in [-0.25, -0.2) is 8.42 Å². The second-order valence-electron chi connectivity index (χ2n) is 6.62. The van der Waals surface area contributed by atoms with Crippen LogP contribution in [0.3, 0.4) is 0 Å². The van der Waals surface area contributed by atoms with Crippen LogP contribution >= 0.6 is 0 Å². The second-order valence-corrected chi connectivity index (χ2v) is 8.56. The molecule has 0 aliphatic rings. The van der Waals surface area contributed by atoms with Crippen molar-refractivity contribution < 1.29 is 8.42 Å². The van der Waals surface area contributed by atoms with Gasteiger partial charge in [-0.3, -0.25) is 4.40 Å². The molecule has 0 atom stereocenters. The third-order valence-corrected chi connectivity index (χ3v) is 5.55. The number of rotatable bonds is 6. The highest BCUT2D eigenvalue weighted by Crippen LogP contribution is 2.19. The van der Waals surface area contributed by atoms with Crippen LogP contribution in [0.1, 0.15) is 34.6 Å². The van der Waals surface area contributed by atoms with Crippen LogP contribution in [-0.2, 0) is 10.0 Å². The van der Waals surface area contributed by atoms with E-state index in [-0.39, 0.29) is 10.3 Å². The Morgan fingerprint density at radius 3 is 2.43 bits per heavy atom. The summed E-state index contributed by atoms with van der Waals surface area (Å²) >= 11 is 0. The first kappa shape index (κ1) is 17.7. The summed E-state index contributed by atoms with van der Waals surface area (Å²) in [6.45, 7) is 11.6. The highest BCUT2D eigenvalue weighted by Gasteiger charge is 2.22. The molecule has 0 radical (unpaired) electrons. The lowest BCUT2D eigenvalue weighted by molar-refractivity contribution is 0.441. The van der Waals surface area contributed by atoms with Crippen molar-refractivity contribution in [2.24, 2.45) is 5.41 Å². The van der Waals surface area contributed by atoms with Crippen molar-refractivity contribution in [3.05, 3.63) is 18.3 Å². The maximum absolute atomic E-state index is 12.6. The maximum atomic E-state index is 12.6. The van der Waals surface area contributed by atoms with Crippen LogP contribution in [0.4, 0.5) is 5.95 Å². The van der Waals surface area contributed by atoms with Gasteiger partial charge < -0.3 is 5.32 Å². The average molecular weight is 339 g/mol. The number of nitrogens with zero attached hydrogens (tertiary/aromatic N) is 4. The van der Waals surface area contributed by atoms with E-state index in [4.69, 9.17) is 0 Å². The van der Waals surface area contributed by atoms with Gasteiger partial charge in [-0.1, -0.05) is 34.6 Å². The fourth-order valence-electron chi connectivity index (χ4n) is 2.21. The van der Waals surface area contributed by atoms with Gasteiger partial charge in [-0.15, -0.1) is 10.2 Å². The molecule has 0 amide bonds. The molecule has 1 N–H and O–H groups in total. The molecule has 2 aromatic rings. The van der Waals surface area contributed by atoms with Crippen LogP contribution < -0.4 is 5.32 Å². The SMILES string of the molecule is CCN(CC)S(=O)(=O)c1ccn2c(NCC(C)(C)C)nnc2c1. The van der Waals surface area contributed by atoms with E-state index in [2.05, 4.69) is 36.3 Å². The van der Waals surface area contributed by atoms with Gasteiger partial charge >= 0.3 is 0 Å². The Kier molecular flexibility index (Phi) is 4.95. The number of hydrogen-bond donors (Lipinski definition) is 1. The van der Waals surface area contributed by atoms with E-state index in [1.54, 1.807) is 22.7 Å². The van der Waals surface area contributed by atoms with Crippen LogP contribution in [-0.4, -0.2) is 47.0 Å². The van der Waals surface area contributed by atoms with Gasteiger partial charge in [0.25, 0.3) is 0 Å². The number of aromatic nitrogens is 3. The molecule has 0 spiro atoms. The number of anilines is 1. The number of hydrogen-bond acceptors (Lipinski definition) is 5. The molecule has 0 aliphatic carbocycles. The highest BCUT2D eigenvalue weighted by molar-refractivity contribution is 7.89. The van der Waals surface area contributed by atoms with E-state index in [9.17, 15) is 8.42 Å². The number of nitrogens with one attached hydrogen (secondary N) is 1. The topological polar surface area (TPSA) is 79.6 Å². The van der Waals surface area contributed by atoms with E-state index in [0.717, 1.165) is 6.54 Å². The van der Waals surface area contributed by atoms with Crippen molar-refractivity contribution in [1.82, 2.24) is 18.9 Å². The van der Waals surface area contributed by atoms with Gasteiger partial charge in [-0.05, 0) is 11.5 Å². The van der Waals surface area contributed by atoms with Gasteiger partial charge in [0.05, 0.1) is 4.90 Å². The Balaban J connectivity index is 2.35. The summed E-state index contributed by atoms with van der Waals surface area (Å²) in [4.78, 5) is 0.239. The Hall–Kier alpha value is -1.67. The molecule has 0 bridgehead atoms. The summed E-state index contributed by atoms with van der Waals surface area (Å²) < 4.78 is 28.3. The van der Waals surface area contributed by atoms with Gasteiger partial charge in [0.15, 0.2) is 5.65 Å². The summed E-state index contributed by atoms with van der Waals surface area (Å²) in [7, 11) is -3.49. The first-order chi connectivity index (χ1) is 10.7. The lowest BCUT2D eigenvalue weighted by Gasteiger charge is -2.19. The second kappa shape index (κ2) is 6.45. The molecule has 0 unspecified atom stereocenters. The molecule has 0 aliphatic heterocycles. The van der Waals surface area contributed by atoms with E-state index < -0.39 is 10.0 Å². The van der Waals surface area contributed by atoms with Gasteiger partial charge in [0.1, 0.15) is 0 Å². The van der Waals surface area contributed by atoms with Crippen molar-refractivity contribution >= 4 is 21.6 Å². The minimum atomic E-state index is -3.49. The Morgan fingerprint density at radius 1 is 1.22 bits per heavy atom. The first-order valence-electron chi connectivity index (χ1n) is 7.78. The van der Waals surface area contributed by atoms with Crippen molar-refractivity contribution in [3.63, 3.8) is 0 Å². The molecule has 2 rings (SSSR count). The standard InChI is InChI=1S/C15H25N5O2S/c1-6-19(7-2)23(21,22)12-8-9-20-13(10-12)17-18-14(20)16-11-15(3,4)5/h8-10H,6-7,11H2,1-5H3,(H,16,18). The lowest BCUT2D eigenvalue weighted by atomic mass is 9.97. The largest absolute Gasteiger partial charge is 0.353 e. The van der Waals surface area contributed by atoms with E-state index >= 15 is 0 Å². The van der Waals surface area contributed by atoms with E-state index in [0.29, 0.717) is 24.7 Å². The van der Waals surface area contributed by atoms with Crippen LogP contribution in [0.25, 0.3) is 5.65 Å². The van der Waals surface area contributed by atoms with Crippen LogP contribution in [0.15, 0.2) is 23.2 Å². The molecule has 0 saturated heterocycles. The van der Waals surface area contributed by atoms with Gasteiger partial charge in [0, 0.05) is 31.9 Å². The zero-order valence-electron chi connectivity index (χ0n) is 14.4. The van der Waals surface area contributed by atoms with Crippen LogP contribution in [0.5, 0.6) is 0 Å². The molecular weight excluding hydrogens is 314 g/mol. The van der Waals surface area contributed by atoms with Crippen molar-refractivity contribution in [3.8, 4) is 0 Å². The molecule has 2 heterocycles. The average Bonchev–Trinajstić information content (AvgIpc) is 2.87. The minimum Gasteiger partial charge on any atom is -0.353 e. The van der Waals surface area contributed by atoms with E-state index in [1.807, 2.05) is 13.8 Å². The van der Waals surface area contributed by atoms with Crippen molar-refractivity contribution in [2.75, 3.05) is 25.0 Å². The third-order valence-electron chi connectivity index (χ3n) is 3.50. The fourth-order valence-corrected chi connectivity index (χ4v) is 3.68. The number of fused-ring (bicyclic) bond motifs is 1. The van der Waals surface area contributed by atoms with Crippen LogP contribution in [0.2, 0.25) is 0 Å². The smallest absolute Gasteiger partial charge is 0.243 e. The monoisotopic (exact) mass is 339 g/mol. The fraction of sp³-hybridized carbons (Fsp3) is 0.600. The molecule has 2 aromatic heterocycles. The summed E-state index contributed by atoms with van der Waals surface area (Å²) in [5.74, 6) is 0.613. The molecule has 0 saturated carbocycles. The molecule has 128 valence electrons. The predicted octanol–water partition coefficient (Wildman–Crippen LogP) is 2.22. The Morgan fingerprint density at radius 2 is 1.87 bits per heavy atom. The number of pyridine rings is 1. The quantitative estimate of drug-likeness (QED) is 0.873. The molecule has 0 fully saturated rings. The molecule has 7 nitrogen and oxygen atoms in total. The van der Waals surface area contributed by atoms with Crippen LogP contribution in [0, 0.1) is 5.41 Å². The zero-order chi connectivity index (χ0) is 17.3. The van der Waals surface area contributed by atoms with Gasteiger partial charge in [-0.2, -0.15) is 4.31 Å². The third kappa shape index (κ3) is 3.81. The minimum absolute atomic E-state index is 0.109. The predicted molar refractivity (Wildman–Crippen MR) is 91.0 cm³/mol. The Labute approximate surface area is 137 Å².